The second-order valence-corrected chi connectivity index (χ2v) is 8.77. The Morgan fingerprint density at radius 1 is 1.04 bits per heavy atom. The molecule has 0 unspecified atom stereocenters. The summed E-state index contributed by atoms with van der Waals surface area (Å²) in [5.41, 5.74) is 2.76. The predicted octanol–water partition coefficient (Wildman–Crippen LogP) is 3.56. The average molecular weight is 388 g/mol. The van der Waals surface area contributed by atoms with Gasteiger partial charge in [-0.2, -0.15) is 8.42 Å². The summed E-state index contributed by atoms with van der Waals surface area (Å²) in [5, 5.41) is 0. The van der Waals surface area contributed by atoms with Crippen molar-refractivity contribution in [1.82, 2.24) is 4.90 Å². The van der Waals surface area contributed by atoms with Crippen LogP contribution in [0, 0.1) is 19.8 Å². The third kappa shape index (κ3) is 4.96. The van der Waals surface area contributed by atoms with Crippen LogP contribution in [0.25, 0.3) is 0 Å². The summed E-state index contributed by atoms with van der Waals surface area (Å²) < 4.78 is 29.8. The van der Waals surface area contributed by atoms with Crippen LogP contribution in [0.4, 0.5) is 0 Å². The minimum atomic E-state index is -3.73. The minimum absolute atomic E-state index is 0.0327. The Morgan fingerprint density at radius 2 is 1.70 bits per heavy atom. The summed E-state index contributed by atoms with van der Waals surface area (Å²) in [5.74, 6) is 0.164. The fourth-order valence-corrected chi connectivity index (χ4v) is 4.20. The summed E-state index contributed by atoms with van der Waals surface area (Å²) in [7, 11) is -3.73. The van der Waals surface area contributed by atoms with Crippen molar-refractivity contribution in [1.29, 1.82) is 0 Å². The number of amides is 1. The monoisotopic (exact) mass is 387 g/mol. The van der Waals surface area contributed by atoms with Crippen LogP contribution in [0.5, 0.6) is 0 Å². The Morgan fingerprint density at radius 3 is 2.33 bits per heavy atom. The average Bonchev–Trinajstić information content (AvgIpc) is 2.67. The molecule has 0 atom stereocenters. The first-order chi connectivity index (χ1) is 12.8. The number of carbonyl (C=O) groups is 1. The zero-order valence-corrected chi connectivity index (χ0v) is 16.5. The molecule has 1 saturated heterocycles. The van der Waals surface area contributed by atoms with Gasteiger partial charge < -0.3 is 4.90 Å². The normalized spacial score (nSPS) is 15.7. The van der Waals surface area contributed by atoms with Crippen LogP contribution < -0.4 is 0 Å². The molecule has 0 bridgehead atoms. The SMILES string of the molecule is Cc1ccc(S(=O)(=O)OCC2CCN(C(=O)c3cccc(C)c3)CC2)cc1. The second-order valence-electron chi connectivity index (χ2n) is 7.16. The zero-order valence-electron chi connectivity index (χ0n) is 15.7. The summed E-state index contributed by atoms with van der Waals surface area (Å²) in [6.07, 6.45) is 1.47. The van der Waals surface area contributed by atoms with Gasteiger partial charge in [0, 0.05) is 18.7 Å². The van der Waals surface area contributed by atoms with Crippen molar-refractivity contribution in [3.05, 3.63) is 65.2 Å². The van der Waals surface area contributed by atoms with Crippen molar-refractivity contribution in [3.8, 4) is 0 Å². The first kappa shape index (κ1) is 19.6. The number of hydrogen-bond donors (Lipinski definition) is 0. The zero-order chi connectivity index (χ0) is 19.4. The molecule has 0 spiro atoms. The second kappa shape index (κ2) is 8.23. The van der Waals surface area contributed by atoms with E-state index < -0.39 is 10.1 Å². The maximum atomic E-state index is 12.6. The fourth-order valence-electron chi connectivity index (χ4n) is 3.22. The van der Waals surface area contributed by atoms with Crippen molar-refractivity contribution >= 4 is 16.0 Å². The molecule has 27 heavy (non-hydrogen) atoms. The van der Waals surface area contributed by atoms with Gasteiger partial charge in [0.25, 0.3) is 16.0 Å². The van der Waals surface area contributed by atoms with Gasteiger partial charge in [-0.25, -0.2) is 0 Å². The molecule has 2 aromatic rings. The van der Waals surface area contributed by atoms with Gasteiger partial charge in [-0.1, -0.05) is 35.4 Å². The topological polar surface area (TPSA) is 63.7 Å². The van der Waals surface area contributed by atoms with Gasteiger partial charge in [0.1, 0.15) is 0 Å². The Kier molecular flexibility index (Phi) is 5.97. The first-order valence-corrected chi connectivity index (χ1v) is 10.6. The quantitative estimate of drug-likeness (QED) is 0.736. The Hall–Kier alpha value is -2.18. The summed E-state index contributed by atoms with van der Waals surface area (Å²) in [6.45, 7) is 5.26. The Bertz CT molecular complexity index is 898. The van der Waals surface area contributed by atoms with E-state index in [2.05, 4.69) is 0 Å². The number of rotatable bonds is 5. The van der Waals surface area contributed by atoms with Gasteiger partial charge in [-0.15, -0.1) is 0 Å². The van der Waals surface area contributed by atoms with E-state index in [0.717, 1.165) is 24.0 Å². The van der Waals surface area contributed by atoms with Crippen LogP contribution >= 0.6 is 0 Å². The standard InChI is InChI=1S/C21H25NO4S/c1-16-6-8-20(9-7-16)27(24,25)26-15-18-10-12-22(13-11-18)21(23)19-5-3-4-17(2)14-19/h3-9,14,18H,10-13,15H2,1-2H3. The van der Waals surface area contributed by atoms with Crippen LogP contribution in [0.15, 0.2) is 53.4 Å². The maximum Gasteiger partial charge on any atom is 0.296 e. The highest BCUT2D eigenvalue weighted by molar-refractivity contribution is 7.86. The van der Waals surface area contributed by atoms with E-state index in [4.69, 9.17) is 4.18 Å². The van der Waals surface area contributed by atoms with E-state index in [1.165, 1.54) is 0 Å². The summed E-state index contributed by atoms with van der Waals surface area (Å²) in [6, 6.07) is 14.2. The molecule has 1 aliphatic heterocycles. The summed E-state index contributed by atoms with van der Waals surface area (Å²) in [4.78, 5) is 14.6. The fraction of sp³-hybridized carbons (Fsp3) is 0.381. The molecule has 0 aliphatic carbocycles. The highest BCUT2D eigenvalue weighted by atomic mass is 32.2. The lowest BCUT2D eigenvalue weighted by Crippen LogP contribution is -2.39. The van der Waals surface area contributed by atoms with Crippen molar-refractivity contribution in [2.24, 2.45) is 5.92 Å². The smallest absolute Gasteiger partial charge is 0.296 e. The van der Waals surface area contributed by atoms with Crippen LogP contribution in [0.2, 0.25) is 0 Å². The van der Waals surface area contributed by atoms with Crippen molar-refractivity contribution in [3.63, 3.8) is 0 Å². The lowest BCUT2D eigenvalue weighted by molar-refractivity contribution is 0.0662. The molecule has 3 rings (SSSR count). The van der Waals surface area contributed by atoms with Gasteiger partial charge in [0.15, 0.2) is 0 Å². The van der Waals surface area contributed by atoms with E-state index in [1.54, 1.807) is 24.3 Å². The molecule has 144 valence electrons. The molecular formula is C21H25NO4S. The van der Waals surface area contributed by atoms with Gasteiger partial charge in [-0.3, -0.25) is 8.98 Å². The number of hydrogen-bond acceptors (Lipinski definition) is 4. The number of piperidine rings is 1. The maximum absolute atomic E-state index is 12.6. The largest absolute Gasteiger partial charge is 0.339 e. The van der Waals surface area contributed by atoms with Crippen molar-refractivity contribution in [2.75, 3.05) is 19.7 Å². The lowest BCUT2D eigenvalue weighted by atomic mass is 9.97. The first-order valence-electron chi connectivity index (χ1n) is 9.17. The molecular weight excluding hydrogens is 362 g/mol. The molecule has 1 amide bonds. The van der Waals surface area contributed by atoms with Crippen molar-refractivity contribution < 1.29 is 17.4 Å². The predicted molar refractivity (Wildman–Crippen MR) is 104 cm³/mol. The third-order valence-electron chi connectivity index (χ3n) is 4.94. The van der Waals surface area contributed by atoms with E-state index >= 15 is 0 Å². The van der Waals surface area contributed by atoms with Crippen LogP contribution in [0.3, 0.4) is 0 Å². The number of benzene rings is 2. The Balaban J connectivity index is 1.52. The van der Waals surface area contributed by atoms with E-state index in [1.807, 2.05) is 43.0 Å². The number of likely N-dealkylation sites (tertiary alicyclic amines) is 1. The summed E-state index contributed by atoms with van der Waals surface area (Å²) >= 11 is 0. The minimum Gasteiger partial charge on any atom is -0.339 e. The molecule has 1 fully saturated rings. The van der Waals surface area contributed by atoms with E-state index in [9.17, 15) is 13.2 Å². The number of nitrogens with zero attached hydrogens (tertiary/aromatic N) is 1. The van der Waals surface area contributed by atoms with Crippen LogP contribution in [-0.4, -0.2) is 38.9 Å². The number of aryl methyl sites for hydroxylation is 2. The molecule has 2 aromatic carbocycles. The van der Waals surface area contributed by atoms with Gasteiger partial charge in [0.05, 0.1) is 11.5 Å². The third-order valence-corrected chi connectivity index (χ3v) is 6.23. The molecule has 0 N–H and O–H groups in total. The van der Waals surface area contributed by atoms with Crippen LogP contribution in [0.1, 0.15) is 34.3 Å². The molecule has 0 radical (unpaired) electrons. The van der Waals surface area contributed by atoms with E-state index in [0.29, 0.717) is 18.7 Å². The van der Waals surface area contributed by atoms with Crippen molar-refractivity contribution in [2.45, 2.75) is 31.6 Å². The molecule has 5 nitrogen and oxygen atoms in total. The molecule has 1 heterocycles. The molecule has 0 saturated carbocycles. The highest BCUT2D eigenvalue weighted by Crippen LogP contribution is 2.22. The van der Waals surface area contributed by atoms with Gasteiger partial charge in [0.2, 0.25) is 0 Å². The van der Waals surface area contributed by atoms with Gasteiger partial charge >= 0.3 is 0 Å². The lowest BCUT2D eigenvalue weighted by Gasteiger charge is -2.31. The molecule has 0 aromatic heterocycles. The highest BCUT2D eigenvalue weighted by Gasteiger charge is 2.25. The molecule has 1 aliphatic rings. The Labute approximate surface area is 161 Å². The molecule has 6 heteroatoms. The van der Waals surface area contributed by atoms with Gasteiger partial charge in [-0.05, 0) is 56.9 Å². The number of carbonyl (C=O) groups excluding carboxylic acids is 1. The van der Waals surface area contributed by atoms with E-state index in [-0.39, 0.29) is 23.3 Å². The van der Waals surface area contributed by atoms with Crippen LogP contribution in [-0.2, 0) is 14.3 Å².